The number of hydrogen-bond acceptors (Lipinski definition) is 3. The van der Waals surface area contributed by atoms with Gasteiger partial charge in [0.25, 0.3) is 0 Å². The number of rotatable bonds is 3. The molecule has 1 amide bonds. The van der Waals surface area contributed by atoms with Gasteiger partial charge in [-0.3, -0.25) is 4.79 Å². The van der Waals surface area contributed by atoms with E-state index in [0.29, 0.717) is 12.8 Å². The molecule has 0 spiro atoms. The maximum Gasteiger partial charge on any atom is 0.324 e. The molecule has 1 rings (SSSR count). The molecule has 4 nitrogen and oxygen atoms in total. The lowest BCUT2D eigenvalue weighted by Crippen LogP contribution is -2.61. The van der Waals surface area contributed by atoms with Gasteiger partial charge in [-0.25, -0.2) is 4.31 Å². The van der Waals surface area contributed by atoms with Crippen molar-refractivity contribution in [1.29, 1.82) is 0 Å². The number of carbonyl (C=O) groups is 1. The molecule has 0 aromatic rings. The van der Waals surface area contributed by atoms with Gasteiger partial charge in [-0.1, -0.05) is 13.8 Å². The number of nitrogens with zero attached hydrogens (tertiary/aromatic N) is 1. The zero-order valence-corrected chi connectivity index (χ0v) is 9.10. The van der Waals surface area contributed by atoms with E-state index in [1.807, 2.05) is 13.8 Å². The van der Waals surface area contributed by atoms with Crippen molar-refractivity contribution in [3.8, 4) is 0 Å². The third-order valence-corrected chi connectivity index (χ3v) is 3.76. The zero-order valence-electron chi connectivity index (χ0n) is 7.53. The summed E-state index contributed by atoms with van der Waals surface area (Å²) >= 11 is 0. The van der Waals surface area contributed by atoms with E-state index in [4.69, 9.17) is 10.7 Å². The van der Waals surface area contributed by atoms with Crippen LogP contribution in [0.25, 0.3) is 0 Å². The van der Waals surface area contributed by atoms with Gasteiger partial charge in [-0.05, 0) is 12.8 Å². The summed E-state index contributed by atoms with van der Waals surface area (Å²) in [4.78, 5) is 11.3. The molecular formula is C7H12ClNO3S. The van der Waals surface area contributed by atoms with Gasteiger partial charge in [0.2, 0.25) is 5.91 Å². The van der Waals surface area contributed by atoms with Crippen LogP contribution in [0.2, 0.25) is 0 Å². The smallest absolute Gasteiger partial charge is 0.273 e. The topological polar surface area (TPSA) is 54.5 Å². The molecule has 13 heavy (non-hydrogen) atoms. The fourth-order valence-corrected chi connectivity index (χ4v) is 3.22. The summed E-state index contributed by atoms with van der Waals surface area (Å²) in [7, 11) is 1.24. The molecule has 0 radical (unpaired) electrons. The lowest BCUT2D eigenvalue weighted by Gasteiger charge is -2.43. The first-order valence-corrected chi connectivity index (χ1v) is 6.48. The summed E-state index contributed by atoms with van der Waals surface area (Å²) in [5.41, 5.74) is 0. The van der Waals surface area contributed by atoms with E-state index in [2.05, 4.69) is 0 Å². The van der Waals surface area contributed by atoms with Crippen LogP contribution in [0, 0.1) is 5.92 Å². The summed E-state index contributed by atoms with van der Waals surface area (Å²) in [5.74, 6) is -0.539. The molecule has 2 atom stereocenters. The van der Waals surface area contributed by atoms with Crippen molar-refractivity contribution in [2.24, 2.45) is 5.92 Å². The molecule has 0 aliphatic carbocycles. The Labute approximate surface area is 82.4 Å². The van der Waals surface area contributed by atoms with E-state index in [0.717, 1.165) is 4.31 Å². The molecule has 0 bridgehead atoms. The Morgan fingerprint density at radius 3 is 2.23 bits per heavy atom. The van der Waals surface area contributed by atoms with Gasteiger partial charge in [-0.15, -0.1) is 0 Å². The first kappa shape index (κ1) is 10.8. The molecule has 76 valence electrons. The van der Waals surface area contributed by atoms with Crippen molar-refractivity contribution in [2.45, 2.75) is 32.7 Å². The normalized spacial score (nSPS) is 28.8. The van der Waals surface area contributed by atoms with Gasteiger partial charge in [0.05, 0.1) is 12.0 Å². The molecule has 1 aliphatic heterocycles. The van der Waals surface area contributed by atoms with Gasteiger partial charge >= 0.3 is 9.24 Å². The molecule has 0 aromatic carbocycles. The second kappa shape index (κ2) is 3.46. The van der Waals surface area contributed by atoms with E-state index >= 15 is 0 Å². The van der Waals surface area contributed by atoms with Crippen molar-refractivity contribution in [3.63, 3.8) is 0 Å². The number of carbonyl (C=O) groups excluding carboxylic acids is 1. The Morgan fingerprint density at radius 1 is 1.38 bits per heavy atom. The lowest BCUT2D eigenvalue weighted by atomic mass is 9.86. The predicted octanol–water partition coefficient (Wildman–Crippen LogP) is 1.12. The second-order valence-electron chi connectivity index (χ2n) is 3.07. The van der Waals surface area contributed by atoms with Crippen LogP contribution in [0.1, 0.15) is 26.7 Å². The number of halogens is 1. The van der Waals surface area contributed by atoms with Crippen LogP contribution in [0.15, 0.2) is 0 Å². The largest absolute Gasteiger partial charge is 0.324 e. The molecular weight excluding hydrogens is 214 g/mol. The third kappa shape index (κ3) is 1.67. The molecule has 0 aromatic heterocycles. The number of β-lactam (4-membered cyclic amide) rings is 1. The Kier molecular flexibility index (Phi) is 2.87. The predicted molar refractivity (Wildman–Crippen MR) is 49.5 cm³/mol. The summed E-state index contributed by atoms with van der Waals surface area (Å²) in [6.45, 7) is 3.71. The first-order chi connectivity index (χ1) is 5.93. The Balaban J connectivity index is 2.86. The molecule has 1 fully saturated rings. The zero-order chi connectivity index (χ0) is 10.2. The minimum absolute atomic E-state index is 0.168. The highest BCUT2D eigenvalue weighted by molar-refractivity contribution is 8.12. The quantitative estimate of drug-likeness (QED) is 0.534. The highest BCUT2D eigenvalue weighted by atomic mass is 35.7. The van der Waals surface area contributed by atoms with E-state index in [9.17, 15) is 13.2 Å². The van der Waals surface area contributed by atoms with Gasteiger partial charge in [0.15, 0.2) is 0 Å². The van der Waals surface area contributed by atoms with Crippen molar-refractivity contribution >= 4 is 25.8 Å². The molecule has 1 saturated heterocycles. The van der Waals surface area contributed by atoms with E-state index in [-0.39, 0.29) is 17.9 Å². The van der Waals surface area contributed by atoms with E-state index < -0.39 is 9.24 Å². The minimum atomic E-state index is -3.86. The highest BCUT2D eigenvalue weighted by Gasteiger charge is 2.50. The average Bonchev–Trinajstić information content (AvgIpc) is 1.97. The maximum absolute atomic E-state index is 11.3. The Hall–Kier alpha value is -0.290. The summed E-state index contributed by atoms with van der Waals surface area (Å²) < 4.78 is 22.6. The van der Waals surface area contributed by atoms with Crippen molar-refractivity contribution in [3.05, 3.63) is 0 Å². The maximum atomic E-state index is 11.3. The van der Waals surface area contributed by atoms with Crippen LogP contribution in [0.5, 0.6) is 0 Å². The standard InChI is InChI=1S/C7H12ClNO3S/c1-3-5-6(4-2)9(7(5)10)13(8,11)12/h5-6H,3-4H2,1-2H3/t5-,6-/m1/s1. The number of amides is 1. The summed E-state index contributed by atoms with van der Waals surface area (Å²) in [6.07, 6.45) is 1.29. The van der Waals surface area contributed by atoms with Crippen molar-refractivity contribution < 1.29 is 13.2 Å². The van der Waals surface area contributed by atoms with E-state index in [1.165, 1.54) is 0 Å². The third-order valence-electron chi connectivity index (χ3n) is 2.39. The molecule has 1 aliphatic rings. The minimum Gasteiger partial charge on any atom is -0.273 e. The SMILES string of the molecule is CC[C@@H]1[C@@H](CC)C(=O)N1S(=O)(=O)Cl. The van der Waals surface area contributed by atoms with Crippen molar-refractivity contribution in [1.82, 2.24) is 4.31 Å². The molecule has 0 saturated carbocycles. The van der Waals surface area contributed by atoms with Gasteiger partial charge in [0.1, 0.15) is 0 Å². The van der Waals surface area contributed by atoms with Crippen LogP contribution in [-0.2, 0) is 14.0 Å². The molecule has 0 N–H and O–H groups in total. The van der Waals surface area contributed by atoms with Gasteiger partial charge < -0.3 is 0 Å². The summed E-state index contributed by atoms with van der Waals surface area (Å²) in [6, 6.07) is -0.236. The fraction of sp³-hybridized carbons (Fsp3) is 0.857. The van der Waals surface area contributed by atoms with Crippen molar-refractivity contribution in [2.75, 3.05) is 0 Å². The second-order valence-corrected chi connectivity index (χ2v) is 5.45. The monoisotopic (exact) mass is 225 g/mol. The van der Waals surface area contributed by atoms with Gasteiger partial charge in [-0.2, -0.15) is 8.42 Å². The van der Waals surface area contributed by atoms with Crippen LogP contribution >= 0.6 is 10.7 Å². The molecule has 1 heterocycles. The number of hydrogen-bond donors (Lipinski definition) is 0. The van der Waals surface area contributed by atoms with Crippen LogP contribution < -0.4 is 0 Å². The van der Waals surface area contributed by atoms with Crippen LogP contribution in [-0.4, -0.2) is 24.7 Å². The fourth-order valence-electron chi connectivity index (χ4n) is 1.74. The summed E-state index contributed by atoms with van der Waals surface area (Å²) in [5, 5.41) is 0. The van der Waals surface area contributed by atoms with Gasteiger partial charge in [0, 0.05) is 10.7 Å². The molecule has 0 unspecified atom stereocenters. The Bertz CT molecular complexity index is 314. The molecule has 6 heteroatoms. The van der Waals surface area contributed by atoms with E-state index in [1.54, 1.807) is 0 Å². The Morgan fingerprint density at radius 2 is 1.92 bits per heavy atom. The van der Waals surface area contributed by atoms with Crippen LogP contribution in [0.4, 0.5) is 0 Å². The first-order valence-electron chi connectivity index (χ1n) is 4.21. The van der Waals surface area contributed by atoms with Crippen LogP contribution in [0.3, 0.4) is 0 Å². The average molecular weight is 226 g/mol. The lowest BCUT2D eigenvalue weighted by molar-refractivity contribution is -0.146. The highest BCUT2D eigenvalue weighted by Crippen LogP contribution is 2.35.